The van der Waals surface area contributed by atoms with Crippen LogP contribution in [0, 0.1) is 10.1 Å². The molecule has 1 aliphatic rings. The second kappa shape index (κ2) is 8.65. The van der Waals surface area contributed by atoms with Crippen molar-refractivity contribution >= 4 is 17.3 Å². The largest absolute Gasteiger partial charge is 0.457 e. The van der Waals surface area contributed by atoms with Crippen molar-refractivity contribution in [1.29, 1.82) is 0 Å². The number of hydrogen-bond donors (Lipinski definition) is 0. The summed E-state index contributed by atoms with van der Waals surface area (Å²) in [6, 6.07) is 23.2. The third-order valence-electron chi connectivity index (χ3n) is 5.07. The maximum absolute atomic E-state index is 12.8. The number of ether oxygens (including phenoxy) is 1. The summed E-state index contributed by atoms with van der Waals surface area (Å²) in [5, 5.41) is 10.8. The predicted octanol–water partition coefficient (Wildman–Crippen LogP) is 4.35. The summed E-state index contributed by atoms with van der Waals surface area (Å²) in [6.07, 6.45) is 0. The number of non-ortho nitro benzene ring substituents is 1. The molecule has 1 saturated heterocycles. The summed E-state index contributed by atoms with van der Waals surface area (Å²) in [6.45, 7) is 2.55. The first-order valence-electron chi connectivity index (χ1n) is 9.72. The van der Waals surface area contributed by atoms with Gasteiger partial charge in [0.1, 0.15) is 11.5 Å². The molecule has 1 amide bonds. The van der Waals surface area contributed by atoms with Gasteiger partial charge < -0.3 is 14.5 Å². The molecule has 0 aliphatic carbocycles. The zero-order valence-corrected chi connectivity index (χ0v) is 16.3. The molecule has 1 aliphatic heterocycles. The van der Waals surface area contributed by atoms with E-state index in [1.165, 1.54) is 12.1 Å². The van der Waals surface area contributed by atoms with Gasteiger partial charge in [0.15, 0.2) is 0 Å². The molecule has 0 unspecified atom stereocenters. The van der Waals surface area contributed by atoms with E-state index in [1.54, 1.807) is 36.4 Å². The van der Waals surface area contributed by atoms with E-state index >= 15 is 0 Å². The van der Waals surface area contributed by atoms with E-state index in [4.69, 9.17) is 4.74 Å². The Morgan fingerprint density at radius 3 is 2.00 bits per heavy atom. The number of nitrogens with zero attached hydrogens (tertiary/aromatic N) is 3. The number of piperazine rings is 1. The normalized spacial score (nSPS) is 13.7. The highest BCUT2D eigenvalue weighted by molar-refractivity contribution is 5.94. The Morgan fingerprint density at radius 1 is 0.800 bits per heavy atom. The van der Waals surface area contributed by atoms with Crippen molar-refractivity contribution in [3.05, 3.63) is 94.5 Å². The SMILES string of the molecule is O=C(c1ccc(Oc2ccccc2)cc1)N1CCN(c2ccc([N+](=O)[O-])cc2)CC1. The van der Waals surface area contributed by atoms with Gasteiger partial charge in [-0.2, -0.15) is 0 Å². The van der Waals surface area contributed by atoms with Crippen molar-refractivity contribution in [1.82, 2.24) is 4.90 Å². The van der Waals surface area contributed by atoms with Crippen LogP contribution in [0.1, 0.15) is 10.4 Å². The molecule has 30 heavy (non-hydrogen) atoms. The molecule has 7 nitrogen and oxygen atoms in total. The molecule has 0 spiro atoms. The van der Waals surface area contributed by atoms with E-state index in [1.807, 2.05) is 35.2 Å². The summed E-state index contributed by atoms with van der Waals surface area (Å²) < 4.78 is 5.77. The topological polar surface area (TPSA) is 75.9 Å². The van der Waals surface area contributed by atoms with E-state index < -0.39 is 4.92 Å². The van der Waals surface area contributed by atoms with Crippen LogP contribution in [0.15, 0.2) is 78.9 Å². The number of nitro benzene ring substituents is 1. The quantitative estimate of drug-likeness (QED) is 0.468. The summed E-state index contributed by atoms with van der Waals surface area (Å²) in [7, 11) is 0. The van der Waals surface area contributed by atoms with Crippen LogP contribution in [0.5, 0.6) is 11.5 Å². The monoisotopic (exact) mass is 403 g/mol. The van der Waals surface area contributed by atoms with E-state index in [0.717, 1.165) is 11.4 Å². The Morgan fingerprint density at radius 2 is 1.40 bits per heavy atom. The maximum Gasteiger partial charge on any atom is 0.269 e. The molecule has 1 heterocycles. The van der Waals surface area contributed by atoms with Gasteiger partial charge in [-0.25, -0.2) is 0 Å². The van der Waals surface area contributed by atoms with Gasteiger partial charge in [0.2, 0.25) is 0 Å². The van der Waals surface area contributed by atoms with Crippen LogP contribution in [0.4, 0.5) is 11.4 Å². The zero-order valence-electron chi connectivity index (χ0n) is 16.3. The van der Waals surface area contributed by atoms with Crippen molar-refractivity contribution in [2.45, 2.75) is 0 Å². The number of anilines is 1. The van der Waals surface area contributed by atoms with Crippen molar-refractivity contribution in [2.75, 3.05) is 31.1 Å². The van der Waals surface area contributed by atoms with Crippen LogP contribution in [0.25, 0.3) is 0 Å². The molecule has 7 heteroatoms. The molecule has 0 radical (unpaired) electrons. The molecule has 4 rings (SSSR count). The second-order valence-corrected chi connectivity index (χ2v) is 6.99. The highest BCUT2D eigenvalue weighted by atomic mass is 16.6. The van der Waals surface area contributed by atoms with E-state index in [-0.39, 0.29) is 11.6 Å². The molecule has 152 valence electrons. The molecule has 3 aromatic carbocycles. The molecule has 0 saturated carbocycles. The highest BCUT2D eigenvalue weighted by Gasteiger charge is 2.22. The number of benzene rings is 3. The minimum atomic E-state index is -0.406. The number of hydrogen-bond acceptors (Lipinski definition) is 5. The fraction of sp³-hybridized carbons (Fsp3) is 0.174. The molecular formula is C23H21N3O4. The Labute approximate surface area is 174 Å². The van der Waals surface area contributed by atoms with Gasteiger partial charge >= 0.3 is 0 Å². The minimum absolute atomic E-state index is 0.00962. The predicted molar refractivity (Wildman–Crippen MR) is 114 cm³/mol. The fourth-order valence-corrected chi connectivity index (χ4v) is 3.43. The van der Waals surface area contributed by atoms with Crippen molar-refractivity contribution in [2.24, 2.45) is 0 Å². The third kappa shape index (κ3) is 4.41. The van der Waals surface area contributed by atoms with E-state index in [0.29, 0.717) is 37.5 Å². The zero-order chi connectivity index (χ0) is 20.9. The second-order valence-electron chi connectivity index (χ2n) is 6.99. The first kappa shape index (κ1) is 19.4. The molecule has 0 atom stereocenters. The van der Waals surface area contributed by atoms with Crippen LogP contribution in [-0.4, -0.2) is 41.9 Å². The van der Waals surface area contributed by atoms with Crippen LogP contribution < -0.4 is 9.64 Å². The maximum atomic E-state index is 12.8. The van der Waals surface area contributed by atoms with Gasteiger partial charge in [0, 0.05) is 49.6 Å². The Balaban J connectivity index is 1.34. The smallest absolute Gasteiger partial charge is 0.269 e. The first-order chi connectivity index (χ1) is 14.6. The molecule has 0 bridgehead atoms. The van der Waals surface area contributed by atoms with Gasteiger partial charge in [-0.05, 0) is 48.5 Å². The average Bonchev–Trinajstić information content (AvgIpc) is 2.80. The summed E-state index contributed by atoms with van der Waals surface area (Å²) in [5.41, 5.74) is 1.63. The number of nitro groups is 1. The summed E-state index contributed by atoms with van der Waals surface area (Å²) in [5.74, 6) is 1.42. The Kier molecular flexibility index (Phi) is 5.61. The van der Waals surface area contributed by atoms with Crippen LogP contribution in [0.3, 0.4) is 0 Å². The minimum Gasteiger partial charge on any atom is -0.457 e. The lowest BCUT2D eigenvalue weighted by atomic mass is 10.1. The molecule has 3 aromatic rings. The Hall–Kier alpha value is -3.87. The van der Waals surface area contributed by atoms with Crippen LogP contribution >= 0.6 is 0 Å². The standard InChI is InChI=1S/C23H21N3O4/c27-23(18-6-12-22(13-7-18)30-21-4-2-1-3-5-21)25-16-14-24(15-17-25)19-8-10-20(11-9-19)26(28)29/h1-13H,14-17H2. The van der Waals surface area contributed by atoms with E-state index in [9.17, 15) is 14.9 Å². The van der Waals surface area contributed by atoms with Crippen LogP contribution in [-0.2, 0) is 0 Å². The van der Waals surface area contributed by atoms with Crippen molar-refractivity contribution in [3.8, 4) is 11.5 Å². The molecule has 0 N–H and O–H groups in total. The fourth-order valence-electron chi connectivity index (χ4n) is 3.43. The number of rotatable bonds is 5. The lowest BCUT2D eigenvalue weighted by molar-refractivity contribution is -0.384. The number of carbonyl (C=O) groups is 1. The van der Waals surface area contributed by atoms with E-state index in [2.05, 4.69) is 4.90 Å². The summed E-state index contributed by atoms with van der Waals surface area (Å²) in [4.78, 5) is 27.2. The highest BCUT2D eigenvalue weighted by Crippen LogP contribution is 2.23. The van der Waals surface area contributed by atoms with Gasteiger partial charge in [0.05, 0.1) is 4.92 Å². The first-order valence-corrected chi connectivity index (χ1v) is 9.72. The van der Waals surface area contributed by atoms with Gasteiger partial charge in [-0.15, -0.1) is 0 Å². The Bertz CT molecular complexity index is 1010. The lowest BCUT2D eigenvalue weighted by Crippen LogP contribution is -2.48. The van der Waals surface area contributed by atoms with Crippen molar-refractivity contribution < 1.29 is 14.5 Å². The molecular weight excluding hydrogens is 382 g/mol. The third-order valence-corrected chi connectivity index (χ3v) is 5.07. The van der Waals surface area contributed by atoms with Crippen molar-refractivity contribution in [3.63, 3.8) is 0 Å². The summed E-state index contributed by atoms with van der Waals surface area (Å²) >= 11 is 0. The van der Waals surface area contributed by atoms with Gasteiger partial charge in [-0.1, -0.05) is 18.2 Å². The number of para-hydroxylation sites is 1. The molecule has 1 fully saturated rings. The number of carbonyl (C=O) groups excluding carboxylic acids is 1. The average molecular weight is 403 g/mol. The van der Waals surface area contributed by atoms with Crippen LogP contribution in [0.2, 0.25) is 0 Å². The van der Waals surface area contributed by atoms with Gasteiger partial charge in [0.25, 0.3) is 11.6 Å². The molecule has 0 aromatic heterocycles. The lowest BCUT2D eigenvalue weighted by Gasteiger charge is -2.36. The number of amides is 1. The van der Waals surface area contributed by atoms with Gasteiger partial charge in [-0.3, -0.25) is 14.9 Å².